The van der Waals surface area contributed by atoms with E-state index in [1.54, 1.807) is 67.8 Å². The maximum absolute atomic E-state index is 13.7. The summed E-state index contributed by atoms with van der Waals surface area (Å²) in [6.07, 6.45) is 1.52. The Hall–Kier alpha value is -5.79. The molecule has 5 aromatic rings. The SMILES string of the molecule is COc1cccc(-c2csc(NC(=O)CSc3cccc(NC(=O)/C(=C\c4cc(OC)c(OC)c(OC)c4)NC(=O)c4ccccc4)c3)n2)c1. The summed E-state index contributed by atoms with van der Waals surface area (Å²) in [5, 5.41) is 10.8. The average molecular weight is 711 g/mol. The number of thioether (sulfide) groups is 1. The Morgan fingerprint density at radius 3 is 2.24 bits per heavy atom. The lowest BCUT2D eigenvalue weighted by Gasteiger charge is -2.15. The van der Waals surface area contributed by atoms with Crippen molar-refractivity contribution in [3.8, 4) is 34.3 Å². The first kappa shape index (κ1) is 35.5. The molecule has 11 nitrogen and oxygen atoms in total. The first-order valence-corrected chi connectivity index (χ1v) is 17.0. The number of rotatable bonds is 14. The third-order valence-electron chi connectivity index (χ3n) is 7.10. The van der Waals surface area contributed by atoms with Gasteiger partial charge in [0, 0.05) is 27.1 Å². The van der Waals surface area contributed by atoms with Gasteiger partial charge in [0.1, 0.15) is 11.4 Å². The molecule has 0 aliphatic heterocycles. The van der Waals surface area contributed by atoms with E-state index in [1.165, 1.54) is 50.5 Å². The number of benzene rings is 4. The first-order chi connectivity index (χ1) is 24.3. The topological polar surface area (TPSA) is 137 Å². The smallest absolute Gasteiger partial charge is 0.272 e. The Kier molecular flexibility index (Phi) is 12.1. The molecular formula is C37H34N4O7S2. The molecular weight excluding hydrogens is 677 g/mol. The van der Waals surface area contributed by atoms with Crippen LogP contribution in [0, 0.1) is 0 Å². The van der Waals surface area contributed by atoms with Crippen LogP contribution in [0.2, 0.25) is 0 Å². The predicted octanol–water partition coefficient (Wildman–Crippen LogP) is 6.98. The van der Waals surface area contributed by atoms with Crippen LogP contribution in [0.15, 0.2) is 107 Å². The van der Waals surface area contributed by atoms with Crippen LogP contribution in [-0.4, -0.2) is 56.9 Å². The number of nitrogens with one attached hydrogen (secondary N) is 3. The monoisotopic (exact) mass is 710 g/mol. The number of hydrogen-bond donors (Lipinski definition) is 3. The molecule has 0 saturated heterocycles. The van der Waals surface area contributed by atoms with Gasteiger partial charge in [0.05, 0.1) is 39.9 Å². The Morgan fingerprint density at radius 2 is 1.54 bits per heavy atom. The minimum absolute atomic E-state index is 0.0256. The Balaban J connectivity index is 1.28. The number of aromatic nitrogens is 1. The number of hydrogen-bond acceptors (Lipinski definition) is 10. The molecule has 0 fully saturated rings. The van der Waals surface area contributed by atoms with Crippen molar-refractivity contribution in [2.24, 2.45) is 0 Å². The number of anilines is 2. The van der Waals surface area contributed by atoms with Gasteiger partial charge in [0.2, 0.25) is 11.7 Å². The second-order valence-electron chi connectivity index (χ2n) is 10.4. The fourth-order valence-corrected chi connectivity index (χ4v) is 6.20. The molecule has 0 radical (unpaired) electrons. The summed E-state index contributed by atoms with van der Waals surface area (Å²) in [6.45, 7) is 0. The molecule has 13 heteroatoms. The normalized spacial score (nSPS) is 10.9. The van der Waals surface area contributed by atoms with Crippen LogP contribution in [0.3, 0.4) is 0 Å². The molecule has 1 aromatic heterocycles. The molecule has 0 aliphatic rings. The lowest BCUT2D eigenvalue weighted by atomic mass is 10.1. The average Bonchev–Trinajstić information content (AvgIpc) is 3.62. The van der Waals surface area contributed by atoms with E-state index in [4.69, 9.17) is 18.9 Å². The van der Waals surface area contributed by atoms with E-state index in [-0.39, 0.29) is 17.4 Å². The van der Waals surface area contributed by atoms with Gasteiger partial charge in [-0.1, -0.05) is 36.4 Å². The second kappa shape index (κ2) is 17.0. The van der Waals surface area contributed by atoms with Gasteiger partial charge < -0.3 is 34.9 Å². The maximum atomic E-state index is 13.7. The van der Waals surface area contributed by atoms with Crippen molar-refractivity contribution in [3.05, 3.63) is 113 Å². The van der Waals surface area contributed by atoms with Crippen LogP contribution < -0.4 is 34.9 Å². The van der Waals surface area contributed by atoms with Crippen LogP contribution in [0.25, 0.3) is 17.3 Å². The fraction of sp³-hybridized carbons (Fsp3) is 0.135. The standard InChI is InChI=1S/C37H34N4O7S2/c1-45-27-14-8-12-25(19-27)30-21-50-37(40-30)41-33(42)22-49-28-15-9-13-26(20-28)38-36(44)29(39-35(43)24-10-6-5-7-11-24)16-23-17-31(46-2)34(48-4)32(18-23)47-3/h5-21H,22H2,1-4H3,(H,38,44)(H,39,43)(H,40,41,42)/b29-16+. The molecule has 0 atom stereocenters. The largest absolute Gasteiger partial charge is 0.497 e. The van der Waals surface area contributed by atoms with Crippen molar-refractivity contribution in [2.75, 3.05) is 44.8 Å². The second-order valence-corrected chi connectivity index (χ2v) is 12.3. The van der Waals surface area contributed by atoms with Gasteiger partial charge in [-0.05, 0) is 66.2 Å². The maximum Gasteiger partial charge on any atom is 0.272 e. The van der Waals surface area contributed by atoms with E-state index in [0.29, 0.717) is 39.2 Å². The van der Waals surface area contributed by atoms with E-state index in [2.05, 4.69) is 20.9 Å². The quantitative estimate of drug-likeness (QED) is 0.0823. The Bertz CT molecular complexity index is 1990. The van der Waals surface area contributed by atoms with Crippen molar-refractivity contribution >= 4 is 57.7 Å². The summed E-state index contributed by atoms with van der Waals surface area (Å²) in [5.41, 5.74) is 2.95. The van der Waals surface area contributed by atoms with Gasteiger partial charge in [0.15, 0.2) is 16.6 Å². The number of ether oxygens (including phenoxy) is 4. The highest BCUT2D eigenvalue weighted by Crippen LogP contribution is 2.39. The molecule has 0 spiro atoms. The van der Waals surface area contributed by atoms with Gasteiger partial charge in [-0.2, -0.15) is 0 Å². The number of thiazole rings is 1. The zero-order valence-corrected chi connectivity index (χ0v) is 29.3. The Labute approximate surface area is 297 Å². The summed E-state index contributed by atoms with van der Waals surface area (Å²) in [6, 6.07) is 26.5. The van der Waals surface area contributed by atoms with Gasteiger partial charge in [0.25, 0.3) is 11.8 Å². The molecule has 5 rings (SSSR count). The van der Waals surface area contributed by atoms with Crippen LogP contribution in [0.1, 0.15) is 15.9 Å². The summed E-state index contributed by atoms with van der Waals surface area (Å²) in [7, 11) is 6.08. The summed E-state index contributed by atoms with van der Waals surface area (Å²) < 4.78 is 21.6. The van der Waals surface area contributed by atoms with Gasteiger partial charge in [-0.25, -0.2) is 4.98 Å². The molecule has 1 heterocycles. The molecule has 50 heavy (non-hydrogen) atoms. The van der Waals surface area contributed by atoms with E-state index in [0.717, 1.165) is 21.9 Å². The van der Waals surface area contributed by atoms with Crippen molar-refractivity contribution in [1.29, 1.82) is 0 Å². The third-order valence-corrected chi connectivity index (χ3v) is 8.86. The molecule has 0 unspecified atom stereocenters. The summed E-state index contributed by atoms with van der Waals surface area (Å²) in [4.78, 5) is 44.9. The van der Waals surface area contributed by atoms with Gasteiger partial charge >= 0.3 is 0 Å². The number of nitrogens with zero attached hydrogens (tertiary/aromatic N) is 1. The molecule has 0 aliphatic carbocycles. The number of carbonyl (C=O) groups is 3. The van der Waals surface area contributed by atoms with Gasteiger partial charge in [-0.3, -0.25) is 14.4 Å². The lowest BCUT2D eigenvalue weighted by Crippen LogP contribution is -2.30. The predicted molar refractivity (Wildman–Crippen MR) is 197 cm³/mol. The zero-order chi connectivity index (χ0) is 35.5. The van der Waals surface area contributed by atoms with Crippen LogP contribution >= 0.6 is 23.1 Å². The van der Waals surface area contributed by atoms with Crippen LogP contribution in [0.4, 0.5) is 10.8 Å². The van der Waals surface area contributed by atoms with Crippen LogP contribution in [0.5, 0.6) is 23.0 Å². The van der Waals surface area contributed by atoms with Crippen LogP contribution in [-0.2, 0) is 9.59 Å². The molecule has 0 bridgehead atoms. The van der Waals surface area contributed by atoms with Crippen molar-refractivity contribution in [2.45, 2.75) is 4.90 Å². The van der Waals surface area contributed by atoms with E-state index in [9.17, 15) is 14.4 Å². The zero-order valence-electron chi connectivity index (χ0n) is 27.6. The van der Waals surface area contributed by atoms with E-state index >= 15 is 0 Å². The van der Waals surface area contributed by atoms with Gasteiger partial charge in [-0.15, -0.1) is 23.1 Å². The molecule has 256 valence electrons. The molecule has 3 N–H and O–H groups in total. The molecule has 4 aromatic carbocycles. The first-order valence-electron chi connectivity index (χ1n) is 15.1. The molecule has 0 saturated carbocycles. The van der Waals surface area contributed by atoms with Crippen molar-refractivity contribution in [1.82, 2.24) is 10.3 Å². The highest BCUT2D eigenvalue weighted by Gasteiger charge is 2.18. The number of carbonyl (C=O) groups excluding carboxylic acids is 3. The number of amides is 3. The summed E-state index contributed by atoms with van der Waals surface area (Å²) in [5.74, 6) is 0.726. The minimum atomic E-state index is -0.571. The summed E-state index contributed by atoms with van der Waals surface area (Å²) >= 11 is 2.63. The highest BCUT2D eigenvalue weighted by atomic mass is 32.2. The minimum Gasteiger partial charge on any atom is -0.497 e. The molecule has 3 amide bonds. The van der Waals surface area contributed by atoms with E-state index in [1.807, 2.05) is 35.7 Å². The van der Waals surface area contributed by atoms with Crippen molar-refractivity contribution < 1.29 is 33.3 Å². The number of methoxy groups -OCH3 is 4. The van der Waals surface area contributed by atoms with E-state index < -0.39 is 11.8 Å². The Morgan fingerprint density at radius 1 is 0.800 bits per heavy atom. The van der Waals surface area contributed by atoms with Crippen molar-refractivity contribution in [3.63, 3.8) is 0 Å². The third kappa shape index (κ3) is 9.21. The highest BCUT2D eigenvalue weighted by molar-refractivity contribution is 8.00. The fourth-order valence-electron chi connectivity index (χ4n) is 4.71. The lowest BCUT2D eigenvalue weighted by molar-refractivity contribution is -0.114.